The second-order valence-corrected chi connectivity index (χ2v) is 6.37. The van der Waals surface area contributed by atoms with Crippen molar-refractivity contribution in [2.75, 3.05) is 26.2 Å². The number of amides is 1. The molecule has 1 unspecified atom stereocenters. The fourth-order valence-corrected chi connectivity index (χ4v) is 3.09. The number of piperazine rings is 1. The van der Waals surface area contributed by atoms with Crippen LogP contribution in [0.25, 0.3) is 0 Å². The number of hydrogen-bond donors (Lipinski definition) is 1. The van der Waals surface area contributed by atoms with Gasteiger partial charge in [-0.15, -0.1) is 0 Å². The third kappa shape index (κ3) is 3.73. The van der Waals surface area contributed by atoms with E-state index in [1.807, 2.05) is 47.0 Å². The largest absolute Gasteiger partial charge is 0.484 e. The minimum Gasteiger partial charge on any atom is -0.484 e. The van der Waals surface area contributed by atoms with Gasteiger partial charge in [-0.2, -0.15) is 0 Å². The fraction of sp³-hybridized carbons (Fsp3) is 0.375. The van der Waals surface area contributed by atoms with Crippen LogP contribution >= 0.6 is 15.9 Å². The van der Waals surface area contributed by atoms with Gasteiger partial charge in [0.15, 0.2) is 6.61 Å². The van der Waals surface area contributed by atoms with Crippen LogP contribution < -0.4 is 10.1 Å². The molecule has 122 valence electrons. The summed E-state index contributed by atoms with van der Waals surface area (Å²) in [5.74, 6) is 1.53. The lowest BCUT2D eigenvalue weighted by Crippen LogP contribution is -2.50. The first-order valence-electron chi connectivity index (χ1n) is 7.51. The molecule has 6 nitrogen and oxygen atoms in total. The molecule has 3 rings (SSSR count). The van der Waals surface area contributed by atoms with Crippen LogP contribution in [-0.2, 0) is 11.8 Å². The monoisotopic (exact) mass is 378 g/mol. The second-order valence-electron chi connectivity index (χ2n) is 5.45. The van der Waals surface area contributed by atoms with Crippen molar-refractivity contribution in [1.29, 1.82) is 0 Å². The number of ether oxygens (including phenoxy) is 1. The van der Waals surface area contributed by atoms with Crippen LogP contribution in [0.5, 0.6) is 5.75 Å². The maximum Gasteiger partial charge on any atom is 0.261 e. The summed E-state index contributed by atoms with van der Waals surface area (Å²) in [6.07, 6.45) is 3.65. The van der Waals surface area contributed by atoms with Crippen molar-refractivity contribution in [2.24, 2.45) is 7.05 Å². The highest BCUT2D eigenvalue weighted by Crippen LogP contribution is 2.21. The molecule has 0 bridgehead atoms. The van der Waals surface area contributed by atoms with Gasteiger partial charge in [0.1, 0.15) is 17.6 Å². The Morgan fingerprint density at radius 3 is 3.13 bits per heavy atom. The van der Waals surface area contributed by atoms with Gasteiger partial charge in [0.2, 0.25) is 0 Å². The molecule has 1 atom stereocenters. The van der Waals surface area contributed by atoms with Gasteiger partial charge in [-0.1, -0.05) is 22.0 Å². The molecular formula is C16H19BrN4O2. The van der Waals surface area contributed by atoms with E-state index < -0.39 is 0 Å². The highest BCUT2D eigenvalue weighted by Gasteiger charge is 2.30. The van der Waals surface area contributed by atoms with E-state index >= 15 is 0 Å². The van der Waals surface area contributed by atoms with Gasteiger partial charge < -0.3 is 19.5 Å². The van der Waals surface area contributed by atoms with Crippen LogP contribution in [0, 0.1) is 0 Å². The number of aryl methyl sites for hydroxylation is 1. The van der Waals surface area contributed by atoms with Crippen molar-refractivity contribution < 1.29 is 9.53 Å². The van der Waals surface area contributed by atoms with Gasteiger partial charge in [0.25, 0.3) is 5.91 Å². The maximum absolute atomic E-state index is 12.6. The Labute approximate surface area is 143 Å². The Morgan fingerprint density at radius 1 is 1.52 bits per heavy atom. The van der Waals surface area contributed by atoms with E-state index in [0.717, 1.165) is 16.8 Å². The van der Waals surface area contributed by atoms with Gasteiger partial charge in [-0.25, -0.2) is 4.98 Å². The summed E-state index contributed by atoms with van der Waals surface area (Å²) in [5.41, 5.74) is 0. The second kappa shape index (κ2) is 7.14. The van der Waals surface area contributed by atoms with E-state index in [1.54, 1.807) is 6.20 Å². The van der Waals surface area contributed by atoms with Gasteiger partial charge >= 0.3 is 0 Å². The lowest BCUT2D eigenvalue weighted by atomic mass is 10.1. The molecule has 1 N–H and O–H groups in total. The molecule has 1 aliphatic rings. The molecule has 1 amide bonds. The average Bonchev–Trinajstić information content (AvgIpc) is 2.98. The molecule has 0 spiro atoms. The SMILES string of the molecule is Cn1ccnc1C1CNCCN1C(=O)COc1cccc(Br)c1. The Balaban J connectivity index is 1.68. The summed E-state index contributed by atoms with van der Waals surface area (Å²) in [6, 6.07) is 7.42. The smallest absolute Gasteiger partial charge is 0.261 e. The molecule has 0 radical (unpaired) electrons. The zero-order chi connectivity index (χ0) is 16.2. The van der Waals surface area contributed by atoms with Crippen molar-refractivity contribution in [3.8, 4) is 5.75 Å². The van der Waals surface area contributed by atoms with Crippen LogP contribution in [0.1, 0.15) is 11.9 Å². The third-order valence-corrected chi connectivity index (χ3v) is 4.37. The fourth-order valence-electron chi connectivity index (χ4n) is 2.72. The van der Waals surface area contributed by atoms with Crippen molar-refractivity contribution >= 4 is 21.8 Å². The van der Waals surface area contributed by atoms with Crippen molar-refractivity contribution in [3.05, 3.63) is 47.0 Å². The van der Waals surface area contributed by atoms with E-state index in [2.05, 4.69) is 26.2 Å². The van der Waals surface area contributed by atoms with E-state index in [0.29, 0.717) is 18.8 Å². The highest BCUT2D eigenvalue weighted by molar-refractivity contribution is 9.10. The Bertz CT molecular complexity index is 688. The predicted molar refractivity (Wildman–Crippen MR) is 90.2 cm³/mol. The Kier molecular flexibility index (Phi) is 4.97. The Morgan fingerprint density at radius 2 is 2.39 bits per heavy atom. The van der Waals surface area contributed by atoms with Gasteiger partial charge in [0, 0.05) is 43.5 Å². The molecule has 1 fully saturated rings. The number of carbonyl (C=O) groups is 1. The van der Waals surface area contributed by atoms with E-state index in [1.165, 1.54) is 0 Å². The predicted octanol–water partition coefficient (Wildman–Crippen LogP) is 1.73. The molecule has 0 aliphatic carbocycles. The number of aromatic nitrogens is 2. The van der Waals surface area contributed by atoms with Crippen molar-refractivity contribution in [2.45, 2.75) is 6.04 Å². The zero-order valence-electron chi connectivity index (χ0n) is 12.9. The number of rotatable bonds is 4. The molecule has 23 heavy (non-hydrogen) atoms. The summed E-state index contributed by atoms with van der Waals surface area (Å²) < 4.78 is 8.51. The number of nitrogens with one attached hydrogen (secondary N) is 1. The average molecular weight is 379 g/mol. The first-order valence-corrected chi connectivity index (χ1v) is 8.30. The molecule has 2 heterocycles. The zero-order valence-corrected chi connectivity index (χ0v) is 14.5. The molecule has 1 aromatic carbocycles. The maximum atomic E-state index is 12.6. The van der Waals surface area contributed by atoms with Crippen LogP contribution in [-0.4, -0.2) is 46.6 Å². The van der Waals surface area contributed by atoms with Crippen LogP contribution in [0.3, 0.4) is 0 Å². The standard InChI is InChI=1S/C16H19BrN4O2/c1-20-7-6-19-16(20)14-10-18-5-8-21(14)15(22)11-23-13-4-2-3-12(17)9-13/h2-4,6-7,9,14,18H,5,8,10-11H2,1H3. The lowest BCUT2D eigenvalue weighted by molar-refractivity contribution is -0.137. The quantitative estimate of drug-likeness (QED) is 0.879. The molecule has 1 aromatic heterocycles. The summed E-state index contributed by atoms with van der Waals surface area (Å²) in [4.78, 5) is 18.8. The van der Waals surface area contributed by atoms with Crippen molar-refractivity contribution in [1.82, 2.24) is 19.8 Å². The minimum absolute atomic E-state index is 0.0252. The van der Waals surface area contributed by atoms with Crippen LogP contribution in [0.4, 0.5) is 0 Å². The number of imidazole rings is 1. The van der Waals surface area contributed by atoms with Gasteiger partial charge in [-0.3, -0.25) is 4.79 Å². The summed E-state index contributed by atoms with van der Waals surface area (Å²) in [5, 5.41) is 3.32. The molecule has 7 heteroatoms. The number of hydrogen-bond acceptors (Lipinski definition) is 4. The normalized spacial score (nSPS) is 18.0. The van der Waals surface area contributed by atoms with Crippen molar-refractivity contribution in [3.63, 3.8) is 0 Å². The van der Waals surface area contributed by atoms with E-state index in [-0.39, 0.29) is 18.6 Å². The Hall–Kier alpha value is -1.86. The molecule has 0 saturated carbocycles. The van der Waals surface area contributed by atoms with Crippen LogP contribution in [0.2, 0.25) is 0 Å². The molecule has 1 aliphatic heterocycles. The van der Waals surface area contributed by atoms with E-state index in [9.17, 15) is 4.79 Å². The molecule has 1 saturated heterocycles. The minimum atomic E-state index is -0.0673. The van der Waals surface area contributed by atoms with Gasteiger partial charge in [-0.05, 0) is 18.2 Å². The first kappa shape index (κ1) is 16.0. The molecular weight excluding hydrogens is 360 g/mol. The molecule has 2 aromatic rings. The third-order valence-electron chi connectivity index (χ3n) is 3.88. The number of benzene rings is 1. The number of nitrogens with zero attached hydrogens (tertiary/aromatic N) is 3. The first-order chi connectivity index (χ1) is 11.1. The van der Waals surface area contributed by atoms with Gasteiger partial charge in [0.05, 0.1) is 0 Å². The number of carbonyl (C=O) groups excluding carboxylic acids is 1. The lowest BCUT2D eigenvalue weighted by Gasteiger charge is -2.35. The number of halogens is 1. The topological polar surface area (TPSA) is 59.4 Å². The summed E-state index contributed by atoms with van der Waals surface area (Å²) in [7, 11) is 1.94. The van der Waals surface area contributed by atoms with Crippen LogP contribution in [0.15, 0.2) is 41.1 Å². The highest BCUT2D eigenvalue weighted by atomic mass is 79.9. The summed E-state index contributed by atoms with van der Waals surface area (Å²) in [6.45, 7) is 2.16. The summed E-state index contributed by atoms with van der Waals surface area (Å²) >= 11 is 3.39. The van der Waals surface area contributed by atoms with E-state index in [4.69, 9.17) is 4.74 Å².